The summed E-state index contributed by atoms with van der Waals surface area (Å²) in [6.07, 6.45) is 7.80. The number of aryl methyl sites for hydroxylation is 2. The molecule has 0 aliphatic carbocycles. The first-order valence-corrected chi connectivity index (χ1v) is 7.94. The number of rotatable bonds is 5. The highest BCUT2D eigenvalue weighted by atomic mass is 16.5. The molecular weight excluding hydrogens is 268 g/mol. The van der Waals surface area contributed by atoms with Crippen LogP contribution in [0.15, 0.2) is 6.20 Å². The molecule has 3 N–H and O–H groups in total. The van der Waals surface area contributed by atoms with E-state index >= 15 is 0 Å². The molecule has 0 spiro atoms. The largest absolute Gasteiger partial charge is 0.364 e. The second-order valence-corrected chi connectivity index (χ2v) is 5.90. The molecule has 3 heterocycles. The molecule has 6 heteroatoms. The molecule has 1 fully saturated rings. The zero-order chi connectivity index (χ0) is 14.7. The van der Waals surface area contributed by atoms with Gasteiger partial charge >= 0.3 is 0 Å². The minimum atomic E-state index is -0.325. The Morgan fingerprint density at radius 3 is 3.14 bits per heavy atom. The minimum Gasteiger partial charge on any atom is -0.364 e. The number of imidazole rings is 1. The third kappa shape index (κ3) is 3.44. The Balaban J connectivity index is 1.43. The number of hydrogen-bond donors (Lipinski definition) is 2. The van der Waals surface area contributed by atoms with Crippen molar-refractivity contribution in [2.45, 2.75) is 57.3 Å². The van der Waals surface area contributed by atoms with Gasteiger partial charge in [-0.3, -0.25) is 4.79 Å². The van der Waals surface area contributed by atoms with Gasteiger partial charge in [0.2, 0.25) is 5.91 Å². The van der Waals surface area contributed by atoms with Crippen LogP contribution in [0.1, 0.15) is 37.2 Å². The van der Waals surface area contributed by atoms with Crippen LogP contribution < -0.4 is 11.1 Å². The topological polar surface area (TPSA) is 82.2 Å². The second kappa shape index (κ2) is 6.58. The molecular formula is C15H24N4O2. The van der Waals surface area contributed by atoms with Gasteiger partial charge in [0.05, 0.1) is 11.8 Å². The molecule has 116 valence electrons. The molecule has 2 aliphatic heterocycles. The summed E-state index contributed by atoms with van der Waals surface area (Å²) in [5.74, 6) is 1.17. The molecule has 3 rings (SSSR count). The summed E-state index contributed by atoms with van der Waals surface area (Å²) in [6, 6.07) is 0. The maximum absolute atomic E-state index is 12.0. The summed E-state index contributed by atoms with van der Waals surface area (Å²) in [5.41, 5.74) is 6.62. The lowest BCUT2D eigenvalue weighted by Gasteiger charge is -2.12. The Kier molecular flexibility index (Phi) is 4.55. The highest BCUT2D eigenvalue weighted by Crippen LogP contribution is 2.19. The first-order valence-electron chi connectivity index (χ1n) is 7.94. The highest BCUT2D eigenvalue weighted by Gasteiger charge is 2.29. The van der Waals surface area contributed by atoms with Crippen LogP contribution in [0.5, 0.6) is 0 Å². The van der Waals surface area contributed by atoms with Gasteiger partial charge in [-0.05, 0) is 25.7 Å². The third-order valence-corrected chi connectivity index (χ3v) is 4.30. The van der Waals surface area contributed by atoms with Crippen molar-refractivity contribution >= 4 is 5.91 Å². The van der Waals surface area contributed by atoms with Gasteiger partial charge in [0.1, 0.15) is 11.9 Å². The second-order valence-electron chi connectivity index (χ2n) is 5.90. The molecule has 1 saturated heterocycles. The molecule has 0 unspecified atom stereocenters. The summed E-state index contributed by atoms with van der Waals surface area (Å²) in [6.45, 7) is 2.18. The van der Waals surface area contributed by atoms with E-state index in [1.807, 2.05) is 0 Å². The average Bonchev–Trinajstić information content (AvgIpc) is 3.13. The summed E-state index contributed by atoms with van der Waals surface area (Å²) in [5, 5.41) is 2.94. The number of fused-ring (bicyclic) bond motifs is 1. The fraction of sp³-hybridized carbons (Fsp3) is 0.733. The Bertz CT molecular complexity index is 476. The number of carbonyl (C=O) groups is 1. The van der Waals surface area contributed by atoms with Gasteiger partial charge in [0, 0.05) is 38.7 Å². The van der Waals surface area contributed by atoms with Crippen LogP contribution in [0, 0.1) is 0 Å². The molecule has 0 saturated carbocycles. The standard InChI is InChI=1S/C15H24N4O2/c16-9-12-4-5-13(21-12)15(20)17-7-6-11-10-19-8-2-1-3-14(19)18-11/h10,12-13H,1-9,16H2,(H,17,20)/t12-,13+/m1/s1. The molecule has 0 bridgehead atoms. The van der Waals surface area contributed by atoms with Crippen molar-refractivity contribution in [3.05, 3.63) is 17.7 Å². The van der Waals surface area contributed by atoms with Crippen molar-refractivity contribution < 1.29 is 9.53 Å². The van der Waals surface area contributed by atoms with Gasteiger partial charge in [-0.1, -0.05) is 0 Å². The number of nitrogens with zero attached hydrogens (tertiary/aromatic N) is 2. The van der Waals surface area contributed by atoms with Crippen molar-refractivity contribution in [2.24, 2.45) is 5.73 Å². The maximum Gasteiger partial charge on any atom is 0.249 e. The fourth-order valence-electron chi connectivity index (χ4n) is 3.09. The number of aromatic nitrogens is 2. The zero-order valence-electron chi connectivity index (χ0n) is 12.4. The van der Waals surface area contributed by atoms with Gasteiger partial charge in [-0.15, -0.1) is 0 Å². The smallest absolute Gasteiger partial charge is 0.249 e. The lowest BCUT2D eigenvalue weighted by molar-refractivity contribution is -0.131. The van der Waals surface area contributed by atoms with E-state index < -0.39 is 0 Å². The van der Waals surface area contributed by atoms with Crippen molar-refractivity contribution in [1.29, 1.82) is 0 Å². The Labute approximate surface area is 125 Å². The number of nitrogens with one attached hydrogen (secondary N) is 1. The SMILES string of the molecule is NC[C@H]1CC[C@@H](C(=O)NCCc2cn3c(n2)CCCC3)O1. The summed E-state index contributed by atoms with van der Waals surface area (Å²) >= 11 is 0. The third-order valence-electron chi connectivity index (χ3n) is 4.30. The predicted octanol–water partition coefficient (Wildman–Crippen LogP) is 0.384. The van der Waals surface area contributed by atoms with Gasteiger partial charge < -0.3 is 20.4 Å². The fourth-order valence-corrected chi connectivity index (χ4v) is 3.09. The average molecular weight is 292 g/mol. The Morgan fingerprint density at radius 1 is 1.48 bits per heavy atom. The van der Waals surface area contributed by atoms with Crippen LogP contribution in [0.25, 0.3) is 0 Å². The van der Waals surface area contributed by atoms with Gasteiger partial charge in [0.25, 0.3) is 0 Å². The molecule has 1 aromatic heterocycles. The van der Waals surface area contributed by atoms with Crippen molar-refractivity contribution in [1.82, 2.24) is 14.9 Å². The van der Waals surface area contributed by atoms with E-state index in [4.69, 9.17) is 10.5 Å². The van der Waals surface area contributed by atoms with Crippen LogP contribution in [0.2, 0.25) is 0 Å². The molecule has 1 amide bonds. The number of hydrogen-bond acceptors (Lipinski definition) is 4. The van der Waals surface area contributed by atoms with E-state index in [-0.39, 0.29) is 18.1 Å². The molecule has 0 aromatic carbocycles. The minimum absolute atomic E-state index is 0.0186. The lowest BCUT2D eigenvalue weighted by Crippen LogP contribution is -2.36. The monoisotopic (exact) mass is 292 g/mol. The molecule has 6 nitrogen and oxygen atoms in total. The Morgan fingerprint density at radius 2 is 2.38 bits per heavy atom. The summed E-state index contributed by atoms with van der Waals surface area (Å²) in [7, 11) is 0. The van der Waals surface area contributed by atoms with Crippen LogP contribution in [-0.2, 0) is 28.9 Å². The van der Waals surface area contributed by atoms with E-state index in [0.717, 1.165) is 37.9 Å². The lowest BCUT2D eigenvalue weighted by atomic mass is 10.2. The van der Waals surface area contributed by atoms with E-state index in [0.29, 0.717) is 13.1 Å². The van der Waals surface area contributed by atoms with Crippen LogP contribution in [0.3, 0.4) is 0 Å². The molecule has 21 heavy (non-hydrogen) atoms. The normalized spacial score (nSPS) is 24.8. The number of amides is 1. The van der Waals surface area contributed by atoms with E-state index in [1.54, 1.807) is 0 Å². The van der Waals surface area contributed by atoms with Gasteiger partial charge in [-0.2, -0.15) is 0 Å². The van der Waals surface area contributed by atoms with E-state index in [1.165, 1.54) is 18.7 Å². The van der Waals surface area contributed by atoms with Crippen molar-refractivity contribution in [2.75, 3.05) is 13.1 Å². The maximum atomic E-state index is 12.0. The first-order chi connectivity index (χ1) is 10.3. The number of carbonyl (C=O) groups excluding carboxylic acids is 1. The van der Waals surface area contributed by atoms with Gasteiger partial charge in [0.15, 0.2) is 0 Å². The van der Waals surface area contributed by atoms with E-state index in [9.17, 15) is 4.79 Å². The molecule has 2 atom stereocenters. The summed E-state index contributed by atoms with van der Waals surface area (Å²) < 4.78 is 7.83. The van der Waals surface area contributed by atoms with Crippen LogP contribution in [-0.4, -0.2) is 40.8 Å². The quantitative estimate of drug-likeness (QED) is 0.822. The number of nitrogens with two attached hydrogens (primary N) is 1. The molecule has 2 aliphatic rings. The predicted molar refractivity (Wildman–Crippen MR) is 78.8 cm³/mol. The van der Waals surface area contributed by atoms with Crippen LogP contribution in [0.4, 0.5) is 0 Å². The first kappa shape index (κ1) is 14.5. The van der Waals surface area contributed by atoms with Gasteiger partial charge in [-0.25, -0.2) is 4.98 Å². The van der Waals surface area contributed by atoms with Crippen molar-refractivity contribution in [3.63, 3.8) is 0 Å². The Hall–Kier alpha value is -1.40. The van der Waals surface area contributed by atoms with E-state index in [2.05, 4.69) is 21.1 Å². The number of ether oxygens (including phenoxy) is 1. The van der Waals surface area contributed by atoms with Crippen molar-refractivity contribution in [3.8, 4) is 0 Å². The summed E-state index contributed by atoms with van der Waals surface area (Å²) in [4.78, 5) is 16.6. The zero-order valence-corrected chi connectivity index (χ0v) is 12.4. The molecule has 1 aromatic rings. The van der Waals surface area contributed by atoms with Crippen LogP contribution >= 0.6 is 0 Å². The highest BCUT2D eigenvalue weighted by molar-refractivity contribution is 5.81. The molecule has 0 radical (unpaired) electrons.